The lowest BCUT2D eigenvalue weighted by atomic mass is 10.0. The van der Waals surface area contributed by atoms with E-state index in [1.165, 1.54) is 24.2 Å². The minimum absolute atomic E-state index is 0.554. The third-order valence-electron chi connectivity index (χ3n) is 4.15. The average Bonchev–Trinajstić information content (AvgIpc) is 2.61. The lowest BCUT2D eigenvalue weighted by Gasteiger charge is -2.27. The van der Waals surface area contributed by atoms with Gasteiger partial charge in [0.2, 0.25) is 0 Å². The molecule has 1 fully saturated rings. The standard InChI is InChI=1S/C17H28N2O.C2H2O4/c1-14(2)16-6-5-15(3)17(13-16)20-12-4-9-19-10-7-18-8-11-19;3-1(4)2(5)6/h5-6,13-14,18H,4,7-12H2,1-3H3;(H,3,4)(H,5,6). The third-order valence-corrected chi connectivity index (χ3v) is 4.15. The number of carboxylic acid groups (broad SMARTS) is 2. The Balaban J connectivity index is 0.000000487. The Morgan fingerprint density at radius 3 is 2.35 bits per heavy atom. The van der Waals surface area contributed by atoms with Gasteiger partial charge in [0.15, 0.2) is 0 Å². The van der Waals surface area contributed by atoms with Crippen molar-refractivity contribution in [2.45, 2.75) is 33.1 Å². The Kier molecular flexibility index (Phi) is 9.69. The number of aryl methyl sites for hydroxylation is 1. The van der Waals surface area contributed by atoms with Gasteiger partial charge in [0.05, 0.1) is 6.61 Å². The second kappa shape index (κ2) is 11.5. The summed E-state index contributed by atoms with van der Waals surface area (Å²) in [4.78, 5) is 20.7. The van der Waals surface area contributed by atoms with Gasteiger partial charge in [-0.15, -0.1) is 0 Å². The zero-order valence-corrected chi connectivity index (χ0v) is 15.8. The van der Waals surface area contributed by atoms with E-state index in [9.17, 15) is 0 Å². The quantitative estimate of drug-likeness (QED) is 0.523. The van der Waals surface area contributed by atoms with Crippen LogP contribution in [0.25, 0.3) is 0 Å². The predicted molar refractivity (Wildman–Crippen MR) is 100.0 cm³/mol. The summed E-state index contributed by atoms with van der Waals surface area (Å²) in [5, 5.41) is 18.2. The van der Waals surface area contributed by atoms with Crippen LogP contribution in [0.15, 0.2) is 18.2 Å². The van der Waals surface area contributed by atoms with Gasteiger partial charge in [-0.2, -0.15) is 0 Å². The Hall–Kier alpha value is -2.12. The van der Waals surface area contributed by atoms with Crippen LogP contribution >= 0.6 is 0 Å². The van der Waals surface area contributed by atoms with Gasteiger partial charge < -0.3 is 25.2 Å². The number of piperazine rings is 1. The normalized spacial score (nSPS) is 14.5. The van der Waals surface area contributed by atoms with Crippen LogP contribution in [0.2, 0.25) is 0 Å². The molecule has 0 radical (unpaired) electrons. The fourth-order valence-corrected chi connectivity index (χ4v) is 2.54. The second-order valence-corrected chi connectivity index (χ2v) is 6.58. The van der Waals surface area contributed by atoms with E-state index >= 15 is 0 Å². The number of carboxylic acids is 2. The van der Waals surface area contributed by atoms with Crippen LogP contribution < -0.4 is 10.1 Å². The van der Waals surface area contributed by atoms with Crippen molar-refractivity contribution < 1.29 is 24.5 Å². The van der Waals surface area contributed by atoms with Crippen molar-refractivity contribution in [2.24, 2.45) is 0 Å². The fourth-order valence-electron chi connectivity index (χ4n) is 2.54. The highest BCUT2D eigenvalue weighted by Crippen LogP contribution is 2.24. The first-order valence-electron chi connectivity index (χ1n) is 8.94. The Labute approximate surface area is 155 Å². The number of hydrogen-bond donors (Lipinski definition) is 3. The van der Waals surface area contributed by atoms with Gasteiger partial charge >= 0.3 is 11.9 Å². The summed E-state index contributed by atoms with van der Waals surface area (Å²) in [5.74, 6) is -2.04. The number of carbonyl (C=O) groups is 2. The first-order valence-corrected chi connectivity index (χ1v) is 8.94. The fraction of sp³-hybridized carbons (Fsp3) is 0.579. The molecule has 26 heavy (non-hydrogen) atoms. The number of nitrogens with zero attached hydrogens (tertiary/aromatic N) is 1. The van der Waals surface area contributed by atoms with Gasteiger partial charge in [-0.25, -0.2) is 9.59 Å². The maximum atomic E-state index is 9.10. The lowest BCUT2D eigenvalue weighted by Crippen LogP contribution is -2.43. The van der Waals surface area contributed by atoms with E-state index < -0.39 is 11.9 Å². The topological polar surface area (TPSA) is 99.1 Å². The smallest absolute Gasteiger partial charge is 0.414 e. The molecule has 1 saturated heterocycles. The van der Waals surface area contributed by atoms with Crippen LogP contribution in [0.5, 0.6) is 5.75 Å². The van der Waals surface area contributed by atoms with E-state index in [2.05, 4.69) is 49.2 Å². The molecule has 0 amide bonds. The van der Waals surface area contributed by atoms with Gasteiger partial charge in [-0.05, 0) is 36.5 Å². The molecule has 0 aliphatic carbocycles. The van der Waals surface area contributed by atoms with Crippen LogP contribution in [0.1, 0.15) is 37.3 Å². The van der Waals surface area contributed by atoms with E-state index in [-0.39, 0.29) is 0 Å². The van der Waals surface area contributed by atoms with Crippen molar-refractivity contribution in [1.29, 1.82) is 0 Å². The Morgan fingerprint density at radius 2 is 1.81 bits per heavy atom. The van der Waals surface area contributed by atoms with Crippen molar-refractivity contribution in [3.63, 3.8) is 0 Å². The van der Waals surface area contributed by atoms with E-state index in [0.717, 1.165) is 38.4 Å². The molecule has 1 heterocycles. The molecular weight excluding hydrogens is 336 g/mol. The number of hydrogen-bond acceptors (Lipinski definition) is 5. The first kappa shape index (κ1) is 21.9. The van der Waals surface area contributed by atoms with E-state index in [4.69, 9.17) is 24.5 Å². The Morgan fingerprint density at radius 1 is 1.19 bits per heavy atom. The molecule has 2 rings (SSSR count). The molecule has 0 unspecified atom stereocenters. The number of nitrogens with one attached hydrogen (secondary N) is 1. The molecule has 1 aromatic rings. The summed E-state index contributed by atoms with van der Waals surface area (Å²) in [6, 6.07) is 6.57. The number of benzene rings is 1. The molecular formula is C19H30N2O5. The van der Waals surface area contributed by atoms with Gasteiger partial charge in [0.1, 0.15) is 5.75 Å². The van der Waals surface area contributed by atoms with E-state index in [0.29, 0.717) is 5.92 Å². The molecule has 1 aliphatic heterocycles. The minimum Gasteiger partial charge on any atom is -0.493 e. The van der Waals surface area contributed by atoms with Crippen LogP contribution in [-0.2, 0) is 9.59 Å². The second-order valence-electron chi connectivity index (χ2n) is 6.58. The summed E-state index contributed by atoms with van der Waals surface area (Å²) < 4.78 is 5.98. The lowest BCUT2D eigenvalue weighted by molar-refractivity contribution is -0.159. The van der Waals surface area contributed by atoms with Crippen LogP contribution in [-0.4, -0.2) is 66.4 Å². The molecule has 3 N–H and O–H groups in total. The largest absolute Gasteiger partial charge is 0.493 e. The van der Waals surface area contributed by atoms with E-state index in [1.54, 1.807) is 0 Å². The van der Waals surface area contributed by atoms with Gasteiger partial charge in [-0.3, -0.25) is 0 Å². The minimum atomic E-state index is -1.82. The summed E-state index contributed by atoms with van der Waals surface area (Å²) in [6.45, 7) is 13.1. The van der Waals surface area contributed by atoms with Crippen LogP contribution in [0.3, 0.4) is 0 Å². The van der Waals surface area contributed by atoms with Crippen molar-refractivity contribution >= 4 is 11.9 Å². The molecule has 7 heteroatoms. The van der Waals surface area contributed by atoms with Crippen LogP contribution in [0.4, 0.5) is 0 Å². The van der Waals surface area contributed by atoms with Gasteiger partial charge in [-0.1, -0.05) is 26.0 Å². The third kappa shape index (κ3) is 8.31. The average molecular weight is 366 g/mol. The zero-order chi connectivity index (χ0) is 19.5. The monoisotopic (exact) mass is 366 g/mol. The molecule has 0 bridgehead atoms. The van der Waals surface area contributed by atoms with Crippen molar-refractivity contribution in [2.75, 3.05) is 39.3 Å². The predicted octanol–water partition coefficient (Wildman–Crippen LogP) is 1.95. The van der Waals surface area contributed by atoms with Crippen molar-refractivity contribution in [3.05, 3.63) is 29.3 Å². The molecule has 146 valence electrons. The van der Waals surface area contributed by atoms with Crippen molar-refractivity contribution in [3.8, 4) is 5.75 Å². The number of rotatable bonds is 6. The number of ether oxygens (including phenoxy) is 1. The summed E-state index contributed by atoms with van der Waals surface area (Å²) in [7, 11) is 0. The maximum absolute atomic E-state index is 9.10. The number of aliphatic carboxylic acids is 2. The molecule has 7 nitrogen and oxygen atoms in total. The molecule has 1 aromatic carbocycles. The van der Waals surface area contributed by atoms with E-state index in [1.807, 2.05) is 0 Å². The highest BCUT2D eigenvalue weighted by atomic mass is 16.5. The summed E-state index contributed by atoms with van der Waals surface area (Å²) >= 11 is 0. The zero-order valence-electron chi connectivity index (χ0n) is 15.8. The van der Waals surface area contributed by atoms with Crippen LogP contribution in [0, 0.1) is 6.92 Å². The van der Waals surface area contributed by atoms with Gasteiger partial charge in [0.25, 0.3) is 0 Å². The molecule has 0 aromatic heterocycles. The molecule has 0 saturated carbocycles. The first-order chi connectivity index (χ1) is 12.3. The SMILES string of the molecule is Cc1ccc(C(C)C)cc1OCCCN1CCNCC1.O=C(O)C(=O)O. The molecule has 0 spiro atoms. The summed E-state index contributed by atoms with van der Waals surface area (Å²) in [6.07, 6.45) is 1.10. The van der Waals surface area contributed by atoms with Crippen molar-refractivity contribution in [1.82, 2.24) is 10.2 Å². The Bertz CT molecular complexity index is 571. The summed E-state index contributed by atoms with van der Waals surface area (Å²) in [5.41, 5.74) is 2.59. The highest BCUT2D eigenvalue weighted by Gasteiger charge is 2.09. The molecule has 0 atom stereocenters. The molecule has 1 aliphatic rings. The maximum Gasteiger partial charge on any atom is 0.414 e. The highest BCUT2D eigenvalue weighted by molar-refractivity contribution is 6.27. The van der Waals surface area contributed by atoms with Gasteiger partial charge in [0, 0.05) is 32.7 Å².